The first kappa shape index (κ1) is 20.0. The molecule has 1 N–H and O–H groups in total. The fraction of sp³-hybridized carbons (Fsp3) is 0.368. The molecule has 3 aromatic rings. The van der Waals surface area contributed by atoms with E-state index in [1.54, 1.807) is 21.8 Å². The Morgan fingerprint density at radius 2 is 1.96 bits per heavy atom. The first-order valence-corrected chi connectivity index (χ1v) is 9.19. The van der Waals surface area contributed by atoms with E-state index in [1.807, 2.05) is 55.3 Å². The Bertz CT molecular complexity index is 915. The summed E-state index contributed by atoms with van der Waals surface area (Å²) in [7, 11) is 0. The lowest BCUT2D eigenvalue weighted by molar-refractivity contribution is 0.0620. The Hall–Kier alpha value is -2.71. The van der Waals surface area contributed by atoms with Gasteiger partial charge in [0.15, 0.2) is 5.69 Å². The third kappa shape index (κ3) is 3.93. The summed E-state index contributed by atoms with van der Waals surface area (Å²) in [5.74, 6) is -0.0830. The van der Waals surface area contributed by atoms with Crippen molar-refractivity contribution in [3.05, 3.63) is 54.6 Å². The van der Waals surface area contributed by atoms with Gasteiger partial charge in [0.25, 0.3) is 5.91 Å². The second-order valence-electron chi connectivity index (χ2n) is 6.98. The number of hydrogen-bond donors (Lipinski definition) is 1. The van der Waals surface area contributed by atoms with Gasteiger partial charge >= 0.3 is 0 Å². The SMILES string of the molecule is CC(C)N(C(=O)c1cn(-c2cnn(-c3ccccc3)c2)nn1)[C@H]1CCNC1.Cl. The largest absolute Gasteiger partial charge is 0.330 e. The summed E-state index contributed by atoms with van der Waals surface area (Å²) >= 11 is 0. The number of benzene rings is 1. The van der Waals surface area contributed by atoms with Crippen LogP contribution in [-0.2, 0) is 0 Å². The number of para-hydroxylation sites is 1. The molecule has 0 aliphatic carbocycles. The Labute approximate surface area is 169 Å². The highest BCUT2D eigenvalue weighted by atomic mass is 35.5. The van der Waals surface area contributed by atoms with E-state index in [1.165, 1.54) is 0 Å². The first-order chi connectivity index (χ1) is 13.1. The molecule has 0 bridgehead atoms. The van der Waals surface area contributed by atoms with Crippen LogP contribution in [0.25, 0.3) is 11.4 Å². The van der Waals surface area contributed by atoms with Gasteiger partial charge in [0.1, 0.15) is 5.69 Å². The molecule has 2 aromatic heterocycles. The van der Waals surface area contributed by atoms with Gasteiger partial charge in [-0.3, -0.25) is 4.79 Å². The monoisotopic (exact) mass is 401 g/mol. The molecule has 8 nitrogen and oxygen atoms in total. The van der Waals surface area contributed by atoms with Gasteiger partial charge in [-0.15, -0.1) is 17.5 Å². The van der Waals surface area contributed by atoms with Crippen molar-refractivity contribution in [3.8, 4) is 11.4 Å². The van der Waals surface area contributed by atoms with Crippen LogP contribution in [0.4, 0.5) is 0 Å². The topological polar surface area (TPSA) is 80.9 Å². The van der Waals surface area contributed by atoms with Crippen LogP contribution in [0, 0.1) is 0 Å². The highest BCUT2D eigenvalue weighted by molar-refractivity contribution is 5.92. The Morgan fingerprint density at radius 3 is 2.64 bits per heavy atom. The van der Waals surface area contributed by atoms with Crippen LogP contribution >= 0.6 is 12.4 Å². The van der Waals surface area contributed by atoms with Crippen LogP contribution in [0.5, 0.6) is 0 Å². The molecule has 1 aromatic carbocycles. The zero-order chi connectivity index (χ0) is 18.8. The summed E-state index contributed by atoms with van der Waals surface area (Å²) in [5, 5.41) is 15.9. The molecule has 28 heavy (non-hydrogen) atoms. The highest BCUT2D eigenvalue weighted by Gasteiger charge is 2.30. The summed E-state index contributed by atoms with van der Waals surface area (Å²) in [4.78, 5) is 14.9. The maximum Gasteiger partial charge on any atom is 0.276 e. The van der Waals surface area contributed by atoms with E-state index in [9.17, 15) is 4.79 Å². The smallest absolute Gasteiger partial charge is 0.276 e. The minimum atomic E-state index is -0.0830. The van der Waals surface area contributed by atoms with Gasteiger partial charge in [-0.05, 0) is 38.9 Å². The third-order valence-electron chi connectivity index (χ3n) is 4.79. The molecular weight excluding hydrogens is 378 g/mol. The van der Waals surface area contributed by atoms with Crippen molar-refractivity contribution in [3.63, 3.8) is 0 Å². The van der Waals surface area contributed by atoms with Crippen LogP contribution < -0.4 is 5.32 Å². The van der Waals surface area contributed by atoms with Gasteiger partial charge in [0, 0.05) is 18.6 Å². The average molecular weight is 402 g/mol. The maximum atomic E-state index is 13.0. The third-order valence-corrected chi connectivity index (χ3v) is 4.79. The van der Waals surface area contributed by atoms with E-state index < -0.39 is 0 Å². The van der Waals surface area contributed by atoms with E-state index in [4.69, 9.17) is 0 Å². The summed E-state index contributed by atoms with van der Waals surface area (Å²) in [6, 6.07) is 10.1. The molecule has 1 aliphatic rings. The number of nitrogens with zero attached hydrogens (tertiary/aromatic N) is 6. The standard InChI is InChI=1S/C19H23N7O.ClH/c1-14(2)26(16-8-9-20-10-16)19(27)18-13-25(23-22-18)17-11-21-24(12-17)15-6-4-3-5-7-15;/h3-7,11-14,16,20H,8-10H2,1-2H3;1H/t16-;/m0./s1. The minimum absolute atomic E-state index is 0. The molecule has 0 saturated carbocycles. The number of carbonyl (C=O) groups excluding carboxylic acids is 1. The van der Waals surface area contributed by atoms with Gasteiger partial charge in [0.05, 0.1) is 24.3 Å². The Morgan fingerprint density at radius 1 is 1.18 bits per heavy atom. The molecule has 1 fully saturated rings. The number of rotatable bonds is 5. The minimum Gasteiger partial charge on any atom is -0.330 e. The van der Waals surface area contributed by atoms with Crippen LogP contribution in [0.15, 0.2) is 48.9 Å². The van der Waals surface area contributed by atoms with Crippen molar-refractivity contribution in [2.45, 2.75) is 32.4 Å². The number of aromatic nitrogens is 5. The van der Waals surface area contributed by atoms with Crippen molar-refractivity contribution in [2.75, 3.05) is 13.1 Å². The molecule has 0 spiro atoms. The van der Waals surface area contributed by atoms with E-state index in [-0.39, 0.29) is 30.4 Å². The van der Waals surface area contributed by atoms with Gasteiger partial charge in [-0.2, -0.15) is 5.10 Å². The normalized spacial score (nSPS) is 16.2. The molecule has 4 rings (SSSR count). The molecule has 0 radical (unpaired) electrons. The van der Waals surface area contributed by atoms with E-state index in [2.05, 4.69) is 20.7 Å². The molecule has 0 unspecified atom stereocenters. The maximum absolute atomic E-state index is 13.0. The lowest BCUT2D eigenvalue weighted by Crippen LogP contribution is -2.46. The molecule has 1 aliphatic heterocycles. The Kier molecular flexibility index (Phi) is 6.11. The molecule has 148 valence electrons. The molecule has 3 heterocycles. The first-order valence-electron chi connectivity index (χ1n) is 9.19. The van der Waals surface area contributed by atoms with Crippen LogP contribution in [0.2, 0.25) is 0 Å². The van der Waals surface area contributed by atoms with Crippen LogP contribution in [0.1, 0.15) is 30.8 Å². The summed E-state index contributed by atoms with van der Waals surface area (Å²) in [6.45, 7) is 5.82. The number of hydrogen-bond acceptors (Lipinski definition) is 5. The lowest BCUT2D eigenvalue weighted by atomic mass is 10.1. The fourth-order valence-corrected chi connectivity index (χ4v) is 3.47. The predicted octanol–water partition coefficient (Wildman–Crippen LogP) is 2.09. The van der Waals surface area contributed by atoms with Gasteiger partial charge < -0.3 is 10.2 Å². The number of carbonyl (C=O) groups is 1. The van der Waals surface area contributed by atoms with Gasteiger partial charge in [0.2, 0.25) is 0 Å². The predicted molar refractivity (Wildman–Crippen MR) is 108 cm³/mol. The quantitative estimate of drug-likeness (QED) is 0.708. The van der Waals surface area contributed by atoms with Crippen molar-refractivity contribution < 1.29 is 4.79 Å². The lowest BCUT2D eigenvalue weighted by Gasteiger charge is -2.31. The molecule has 9 heteroatoms. The van der Waals surface area contributed by atoms with Crippen molar-refractivity contribution in [1.29, 1.82) is 0 Å². The number of nitrogens with one attached hydrogen (secondary N) is 1. The second-order valence-corrected chi connectivity index (χ2v) is 6.98. The summed E-state index contributed by atoms with van der Waals surface area (Å²) in [5.41, 5.74) is 2.06. The summed E-state index contributed by atoms with van der Waals surface area (Å²) < 4.78 is 3.36. The zero-order valence-electron chi connectivity index (χ0n) is 15.9. The van der Waals surface area contributed by atoms with Crippen LogP contribution in [0.3, 0.4) is 0 Å². The van der Waals surface area contributed by atoms with Crippen molar-refractivity contribution >= 4 is 18.3 Å². The molecular formula is C19H24ClN7O. The number of amides is 1. The fourth-order valence-electron chi connectivity index (χ4n) is 3.47. The van der Waals surface area contributed by atoms with Crippen LogP contribution in [-0.4, -0.2) is 60.8 Å². The number of halogens is 1. The van der Waals surface area contributed by atoms with Crippen molar-refractivity contribution in [1.82, 2.24) is 35.0 Å². The summed E-state index contributed by atoms with van der Waals surface area (Å²) in [6.07, 6.45) is 6.20. The second kappa shape index (κ2) is 8.53. The zero-order valence-corrected chi connectivity index (χ0v) is 16.7. The molecule has 1 amide bonds. The van der Waals surface area contributed by atoms with Crippen molar-refractivity contribution in [2.24, 2.45) is 0 Å². The van der Waals surface area contributed by atoms with E-state index in [0.29, 0.717) is 5.69 Å². The Balaban J connectivity index is 0.00000225. The van der Waals surface area contributed by atoms with Gasteiger partial charge in [-0.1, -0.05) is 23.4 Å². The molecule has 1 saturated heterocycles. The van der Waals surface area contributed by atoms with Gasteiger partial charge in [-0.25, -0.2) is 9.36 Å². The highest BCUT2D eigenvalue weighted by Crippen LogP contribution is 2.17. The van der Waals surface area contributed by atoms with E-state index in [0.717, 1.165) is 30.9 Å². The average Bonchev–Trinajstić information content (AvgIpc) is 3.42. The van der Waals surface area contributed by atoms with E-state index >= 15 is 0 Å². The molecule has 1 atom stereocenters.